The molecular weight excluding hydrogens is 381 g/mol. The number of rotatable bonds is 10. The Labute approximate surface area is 178 Å². The van der Waals surface area contributed by atoms with Gasteiger partial charge in [0, 0.05) is 25.2 Å². The van der Waals surface area contributed by atoms with Crippen molar-refractivity contribution in [3.8, 4) is 0 Å². The van der Waals surface area contributed by atoms with Gasteiger partial charge in [-0.2, -0.15) is 0 Å². The maximum absolute atomic E-state index is 13.3. The molecule has 0 aliphatic rings. The van der Waals surface area contributed by atoms with Crippen molar-refractivity contribution < 1.29 is 14.0 Å². The van der Waals surface area contributed by atoms with E-state index in [1.54, 1.807) is 17.0 Å². The maximum atomic E-state index is 13.3. The molecule has 0 saturated carbocycles. The quantitative estimate of drug-likeness (QED) is 0.647. The van der Waals surface area contributed by atoms with Gasteiger partial charge in [-0.15, -0.1) is 0 Å². The zero-order chi connectivity index (χ0) is 22.1. The van der Waals surface area contributed by atoms with E-state index < -0.39 is 0 Å². The van der Waals surface area contributed by atoms with Gasteiger partial charge in [0.2, 0.25) is 11.8 Å². The molecular formula is C24H32FN3O2. The Bertz CT molecular complexity index is 835. The van der Waals surface area contributed by atoms with Crippen LogP contribution in [0.25, 0.3) is 0 Å². The summed E-state index contributed by atoms with van der Waals surface area (Å²) in [4.78, 5) is 28.9. The first kappa shape index (κ1) is 23.5. The van der Waals surface area contributed by atoms with E-state index in [2.05, 4.69) is 5.32 Å². The minimum atomic E-state index is -0.305. The molecule has 30 heavy (non-hydrogen) atoms. The van der Waals surface area contributed by atoms with Crippen molar-refractivity contribution >= 4 is 17.5 Å². The Morgan fingerprint density at radius 2 is 1.73 bits per heavy atom. The third-order valence-electron chi connectivity index (χ3n) is 4.61. The molecule has 0 spiro atoms. The van der Waals surface area contributed by atoms with E-state index in [0.29, 0.717) is 19.5 Å². The summed E-state index contributed by atoms with van der Waals surface area (Å²) in [5, 5.41) is 2.91. The second kappa shape index (κ2) is 11.5. The highest BCUT2D eigenvalue weighted by molar-refractivity contribution is 5.93. The fourth-order valence-electron chi connectivity index (χ4n) is 3.06. The number of halogens is 1. The Hall–Kier alpha value is -2.73. The Balaban J connectivity index is 2.16. The summed E-state index contributed by atoms with van der Waals surface area (Å²) in [6, 6.07) is 13.7. The lowest BCUT2D eigenvalue weighted by Gasteiger charge is -2.24. The van der Waals surface area contributed by atoms with E-state index in [9.17, 15) is 14.0 Å². The van der Waals surface area contributed by atoms with Gasteiger partial charge in [-0.3, -0.25) is 9.59 Å². The Morgan fingerprint density at radius 1 is 1.03 bits per heavy atom. The summed E-state index contributed by atoms with van der Waals surface area (Å²) < 4.78 is 13.3. The van der Waals surface area contributed by atoms with E-state index in [1.807, 2.05) is 57.1 Å². The topological polar surface area (TPSA) is 52.7 Å². The van der Waals surface area contributed by atoms with Gasteiger partial charge in [0.15, 0.2) is 0 Å². The average molecular weight is 414 g/mol. The third-order valence-corrected chi connectivity index (χ3v) is 4.61. The lowest BCUT2D eigenvalue weighted by atomic mass is 10.1. The van der Waals surface area contributed by atoms with Crippen LogP contribution < -0.4 is 10.2 Å². The predicted octanol–water partition coefficient (Wildman–Crippen LogP) is 3.63. The van der Waals surface area contributed by atoms with Gasteiger partial charge in [0.05, 0.1) is 13.0 Å². The van der Waals surface area contributed by atoms with Crippen molar-refractivity contribution in [2.45, 2.75) is 33.2 Å². The summed E-state index contributed by atoms with van der Waals surface area (Å²) in [6.07, 6.45) is 0.667. The summed E-state index contributed by atoms with van der Waals surface area (Å²) in [5.41, 5.74) is 2.43. The number of nitrogens with one attached hydrogen (secondary N) is 1. The van der Waals surface area contributed by atoms with Gasteiger partial charge < -0.3 is 15.1 Å². The highest BCUT2D eigenvalue weighted by atomic mass is 19.1. The SMILES string of the molecule is CC(C)CC(=O)N(Cc1ccc(F)cc1)c1cccc(CC(=O)NCCN(C)C)c1. The largest absolute Gasteiger partial charge is 0.355 e. The summed E-state index contributed by atoms with van der Waals surface area (Å²) in [7, 11) is 3.92. The van der Waals surface area contributed by atoms with Crippen LogP contribution in [0.4, 0.5) is 10.1 Å². The molecule has 162 valence electrons. The fourth-order valence-corrected chi connectivity index (χ4v) is 3.06. The van der Waals surface area contributed by atoms with Crippen molar-refractivity contribution in [2.75, 3.05) is 32.1 Å². The summed E-state index contributed by atoms with van der Waals surface area (Å²) in [6.45, 7) is 5.73. The molecule has 6 heteroatoms. The molecule has 0 saturated heterocycles. The number of carbonyl (C=O) groups is 2. The average Bonchev–Trinajstić information content (AvgIpc) is 2.66. The number of benzene rings is 2. The number of likely N-dealkylation sites (N-methyl/N-ethyl adjacent to an activating group) is 1. The van der Waals surface area contributed by atoms with Crippen LogP contribution in [0.2, 0.25) is 0 Å². The van der Waals surface area contributed by atoms with Gasteiger partial charge in [-0.05, 0) is 55.4 Å². The van der Waals surface area contributed by atoms with E-state index in [4.69, 9.17) is 0 Å². The van der Waals surface area contributed by atoms with E-state index in [0.717, 1.165) is 23.4 Å². The molecule has 2 rings (SSSR count). The number of carbonyl (C=O) groups excluding carboxylic acids is 2. The minimum Gasteiger partial charge on any atom is -0.355 e. The van der Waals surface area contributed by atoms with Crippen LogP contribution in [-0.2, 0) is 22.6 Å². The molecule has 0 aliphatic carbocycles. The number of hydrogen-bond donors (Lipinski definition) is 1. The van der Waals surface area contributed by atoms with Gasteiger partial charge in [-0.25, -0.2) is 4.39 Å². The van der Waals surface area contributed by atoms with Crippen molar-refractivity contribution in [1.29, 1.82) is 0 Å². The van der Waals surface area contributed by atoms with E-state index >= 15 is 0 Å². The molecule has 5 nitrogen and oxygen atoms in total. The fraction of sp³-hybridized carbons (Fsp3) is 0.417. The molecule has 0 radical (unpaired) electrons. The first-order chi connectivity index (χ1) is 14.2. The predicted molar refractivity (Wildman–Crippen MR) is 119 cm³/mol. The molecule has 2 aromatic carbocycles. The van der Waals surface area contributed by atoms with Crippen molar-refractivity contribution in [3.63, 3.8) is 0 Å². The molecule has 0 bridgehead atoms. The monoisotopic (exact) mass is 413 g/mol. The molecule has 2 aromatic rings. The second-order valence-electron chi connectivity index (χ2n) is 8.20. The molecule has 1 N–H and O–H groups in total. The summed E-state index contributed by atoms with van der Waals surface area (Å²) in [5.74, 6) is -0.130. The van der Waals surface area contributed by atoms with Crippen LogP contribution in [0, 0.1) is 11.7 Å². The summed E-state index contributed by atoms with van der Waals surface area (Å²) >= 11 is 0. The molecule has 0 unspecified atom stereocenters. The lowest BCUT2D eigenvalue weighted by Crippen LogP contribution is -2.32. The molecule has 2 amide bonds. The highest BCUT2D eigenvalue weighted by Crippen LogP contribution is 2.22. The zero-order valence-electron chi connectivity index (χ0n) is 18.3. The Morgan fingerprint density at radius 3 is 2.37 bits per heavy atom. The zero-order valence-corrected chi connectivity index (χ0v) is 18.3. The minimum absolute atomic E-state index is 0.00177. The normalized spacial score (nSPS) is 11.0. The molecule has 0 aromatic heterocycles. The third kappa shape index (κ3) is 7.95. The van der Waals surface area contributed by atoms with Crippen LogP contribution in [0.5, 0.6) is 0 Å². The van der Waals surface area contributed by atoms with E-state index in [-0.39, 0.29) is 30.0 Å². The smallest absolute Gasteiger partial charge is 0.227 e. The van der Waals surface area contributed by atoms with Crippen LogP contribution in [0.15, 0.2) is 48.5 Å². The molecule has 0 fully saturated rings. The van der Waals surface area contributed by atoms with Crippen LogP contribution >= 0.6 is 0 Å². The Kier molecular flexibility index (Phi) is 8.99. The first-order valence-corrected chi connectivity index (χ1v) is 10.3. The number of amides is 2. The van der Waals surface area contributed by atoms with Gasteiger partial charge in [0.25, 0.3) is 0 Å². The van der Waals surface area contributed by atoms with E-state index in [1.165, 1.54) is 12.1 Å². The van der Waals surface area contributed by atoms with Gasteiger partial charge in [0.1, 0.15) is 5.82 Å². The molecule has 0 aliphatic heterocycles. The van der Waals surface area contributed by atoms with Crippen LogP contribution in [-0.4, -0.2) is 43.9 Å². The first-order valence-electron chi connectivity index (χ1n) is 10.3. The second-order valence-corrected chi connectivity index (χ2v) is 8.20. The van der Waals surface area contributed by atoms with Crippen LogP contribution in [0.3, 0.4) is 0 Å². The number of hydrogen-bond acceptors (Lipinski definition) is 3. The number of nitrogens with zero attached hydrogens (tertiary/aromatic N) is 2. The van der Waals surface area contributed by atoms with Gasteiger partial charge >= 0.3 is 0 Å². The van der Waals surface area contributed by atoms with Crippen molar-refractivity contribution in [3.05, 3.63) is 65.5 Å². The van der Waals surface area contributed by atoms with Gasteiger partial charge in [-0.1, -0.05) is 38.1 Å². The van der Waals surface area contributed by atoms with Crippen molar-refractivity contribution in [1.82, 2.24) is 10.2 Å². The highest BCUT2D eigenvalue weighted by Gasteiger charge is 2.18. The van der Waals surface area contributed by atoms with Crippen LogP contribution in [0.1, 0.15) is 31.4 Å². The maximum Gasteiger partial charge on any atom is 0.227 e. The van der Waals surface area contributed by atoms with Crippen molar-refractivity contribution in [2.24, 2.45) is 5.92 Å². The number of anilines is 1. The lowest BCUT2D eigenvalue weighted by molar-refractivity contribution is -0.120. The molecule has 0 atom stereocenters. The molecule has 0 heterocycles. The standard InChI is InChI=1S/C24H32FN3O2/c1-18(2)14-24(30)28(17-19-8-10-21(25)11-9-19)22-7-5-6-20(15-22)16-23(29)26-12-13-27(3)4/h5-11,15,18H,12-14,16-17H2,1-4H3,(H,26,29).